The fourth-order valence-corrected chi connectivity index (χ4v) is 4.77. The number of carbonyl (C=O) groups excluding carboxylic acids is 1. The van der Waals surface area contributed by atoms with E-state index in [-0.39, 0.29) is 11.9 Å². The van der Waals surface area contributed by atoms with Gasteiger partial charge in [-0.1, -0.05) is 25.7 Å². The second kappa shape index (κ2) is 11.5. The van der Waals surface area contributed by atoms with E-state index in [2.05, 4.69) is 26.6 Å². The number of carbonyl (C=O) groups is 1. The third-order valence-electron chi connectivity index (χ3n) is 3.55. The minimum absolute atomic E-state index is 0.0470. The van der Waals surface area contributed by atoms with Gasteiger partial charge in [0.1, 0.15) is 11.9 Å². The lowest BCUT2D eigenvalue weighted by Gasteiger charge is -2.23. The molecule has 0 aromatic heterocycles. The number of unbranched alkanes of at least 4 members (excludes halogenated alkanes) is 4. The predicted molar refractivity (Wildman–Crippen MR) is 97.7 cm³/mol. The maximum absolute atomic E-state index is 11.8. The second-order valence-electron chi connectivity index (χ2n) is 7.02. The van der Waals surface area contributed by atoms with Crippen LogP contribution in [0.4, 0.5) is 0 Å². The van der Waals surface area contributed by atoms with Crippen LogP contribution < -0.4 is 0 Å². The van der Waals surface area contributed by atoms with Gasteiger partial charge in [0.15, 0.2) is 8.32 Å². The predicted octanol–water partition coefficient (Wildman–Crippen LogP) is 5.01. The summed E-state index contributed by atoms with van der Waals surface area (Å²) in [5.41, 5.74) is 0. The van der Waals surface area contributed by atoms with Crippen LogP contribution in [0.5, 0.6) is 0 Å². The lowest BCUT2D eigenvalue weighted by molar-refractivity contribution is -0.117. The molecule has 0 saturated carbocycles. The monoisotopic (exact) mass is 366 g/mol. The van der Waals surface area contributed by atoms with E-state index in [4.69, 9.17) is 13.5 Å². The van der Waals surface area contributed by atoms with Gasteiger partial charge in [0, 0.05) is 26.7 Å². The first kappa shape index (κ1) is 23.0. The molecule has 0 heterocycles. The molecule has 0 aliphatic carbocycles. The average Bonchev–Trinajstić information content (AvgIpc) is 2.44. The highest BCUT2D eigenvalue weighted by atomic mass is 31.2. The lowest BCUT2D eigenvalue weighted by atomic mass is 10.1. The van der Waals surface area contributed by atoms with E-state index in [0.29, 0.717) is 12.5 Å². The summed E-state index contributed by atoms with van der Waals surface area (Å²) in [5.74, 6) is -0.0470. The minimum atomic E-state index is -3.19. The standard InChI is InChI=1S/C16H35O5PSi/c1-15(21-23(4,5)6)12-10-8-7-9-11-13-16(17)14-22(18,19-2)20-3/h15H,7-14H2,1-6H3. The van der Waals surface area contributed by atoms with Gasteiger partial charge in [-0.3, -0.25) is 9.36 Å². The van der Waals surface area contributed by atoms with E-state index in [1.54, 1.807) is 0 Å². The van der Waals surface area contributed by atoms with Gasteiger partial charge < -0.3 is 13.5 Å². The van der Waals surface area contributed by atoms with Gasteiger partial charge in [-0.05, 0) is 39.4 Å². The Morgan fingerprint density at radius 1 is 1.00 bits per heavy atom. The van der Waals surface area contributed by atoms with Crippen molar-refractivity contribution in [2.24, 2.45) is 0 Å². The van der Waals surface area contributed by atoms with E-state index >= 15 is 0 Å². The maximum atomic E-state index is 11.8. The minimum Gasteiger partial charge on any atom is -0.415 e. The van der Waals surface area contributed by atoms with Gasteiger partial charge in [-0.2, -0.15) is 0 Å². The van der Waals surface area contributed by atoms with Crippen LogP contribution in [0.15, 0.2) is 0 Å². The number of hydrogen-bond donors (Lipinski definition) is 0. The van der Waals surface area contributed by atoms with Gasteiger partial charge in [0.05, 0.1) is 0 Å². The Balaban J connectivity index is 3.63. The van der Waals surface area contributed by atoms with Crippen molar-refractivity contribution in [3.05, 3.63) is 0 Å². The van der Waals surface area contributed by atoms with Crippen LogP contribution in [0.3, 0.4) is 0 Å². The highest BCUT2D eigenvalue weighted by molar-refractivity contribution is 7.54. The van der Waals surface area contributed by atoms with Crippen LogP contribution in [-0.4, -0.2) is 40.6 Å². The SMILES string of the molecule is COP(=O)(CC(=O)CCCCCCCC(C)O[Si](C)(C)C)OC. The molecule has 0 aliphatic heterocycles. The Bertz CT molecular complexity index is 373. The molecule has 0 spiro atoms. The Kier molecular flexibility index (Phi) is 11.5. The molecule has 0 bridgehead atoms. The molecule has 1 unspecified atom stereocenters. The molecule has 0 rings (SSSR count). The number of ketones is 1. The van der Waals surface area contributed by atoms with Gasteiger partial charge in [-0.25, -0.2) is 0 Å². The number of rotatable bonds is 14. The van der Waals surface area contributed by atoms with Crippen molar-refractivity contribution in [1.29, 1.82) is 0 Å². The van der Waals surface area contributed by atoms with E-state index in [0.717, 1.165) is 25.7 Å². The fraction of sp³-hybridized carbons (Fsp3) is 0.938. The van der Waals surface area contributed by atoms with Gasteiger partial charge in [0.25, 0.3) is 0 Å². The molecular weight excluding hydrogens is 331 g/mol. The molecule has 1 atom stereocenters. The zero-order valence-electron chi connectivity index (χ0n) is 15.7. The highest BCUT2D eigenvalue weighted by Crippen LogP contribution is 2.46. The molecule has 0 amide bonds. The molecule has 23 heavy (non-hydrogen) atoms. The van der Waals surface area contributed by atoms with Crippen molar-refractivity contribution in [3.8, 4) is 0 Å². The summed E-state index contributed by atoms with van der Waals surface area (Å²) in [6.07, 6.45) is 7.11. The first-order valence-corrected chi connectivity index (χ1v) is 13.7. The van der Waals surface area contributed by atoms with Gasteiger partial charge >= 0.3 is 7.60 Å². The van der Waals surface area contributed by atoms with Crippen LogP contribution in [0.25, 0.3) is 0 Å². The van der Waals surface area contributed by atoms with Crippen LogP contribution in [0, 0.1) is 0 Å². The Hall–Kier alpha value is -0.00312. The summed E-state index contributed by atoms with van der Waals surface area (Å²) in [6.45, 7) is 8.80. The number of hydrogen-bond acceptors (Lipinski definition) is 5. The van der Waals surface area contributed by atoms with E-state index in [1.807, 2.05) is 0 Å². The van der Waals surface area contributed by atoms with Gasteiger partial charge in [-0.15, -0.1) is 0 Å². The molecule has 0 fully saturated rings. The normalized spacial score (nSPS) is 14.0. The third kappa shape index (κ3) is 13.0. The van der Waals surface area contributed by atoms with Crippen molar-refractivity contribution >= 4 is 21.7 Å². The van der Waals surface area contributed by atoms with E-state index < -0.39 is 15.9 Å². The van der Waals surface area contributed by atoms with Crippen molar-refractivity contribution in [1.82, 2.24) is 0 Å². The number of Topliss-reactive ketones (excluding diaryl/α,β-unsaturated/α-hetero) is 1. The van der Waals surface area contributed by atoms with Crippen LogP contribution in [0.1, 0.15) is 51.9 Å². The molecule has 138 valence electrons. The quantitative estimate of drug-likeness (QED) is 0.246. The molecule has 0 radical (unpaired) electrons. The van der Waals surface area contributed by atoms with E-state index in [9.17, 15) is 9.36 Å². The summed E-state index contributed by atoms with van der Waals surface area (Å²) in [6, 6.07) is 0. The zero-order valence-corrected chi connectivity index (χ0v) is 17.6. The summed E-state index contributed by atoms with van der Waals surface area (Å²) in [4.78, 5) is 11.7. The molecule has 5 nitrogen and oxygen atoms in total. The van der Waals surface area contributed by atoms with Crippen LogP contribution in [0.2, 0.25) is 19.6 Å². The first-order chi connectivity index (χ1) is 10.6. The molecule has 0 aromatic carbocycles. The van der Waals surface area contributed by atoms with Crippen molar-refractivity contribution in [2.75, 3.05) is 20.4 Å². The van der Waals surface area contributed by atoms with Crippen molar-refractivity contribution in [3.63, 3.8) is 0 Å². The summed E-state index contributed by atoms with van der Waals surface area (Å²) in [7, 11) is -1.99. The summed E-state index contributed by atoms with van der Waals surface area (Å²) < 4.78 is 27.4. The Labute approximate surface area is 143 Å². The van der Waals surface area contributed by atoms with Crippen molar-refractivity contribution < 1.29 is 22.8 Å². The summed E-state index contributed by atoms with van der Waals surface area (Å²) >= 11 is 0. The first-order valence-electron chi connectivity index (χ1n) is 8.52. The summed E-state index contributed by atoms with van der Waals surface area (Å²) in [5, 5.41) is 0. The third-order valence-corrected chi connectivity index (χ3v) is 6.51. The Morgan fingerprint density at radius 3 is 2.04 bits per heavy atom. The maximum Gasteiger partial charge on any atom is 0.337 e. The molecule has 7 heteroatoms. The fourth-order valence-electron chi connectivity index (χ4n) is 2.45. The van der Waals surface area contributed by atoms with Crippen LogP contribution >= 0.6 is 7.60 Å². The molecule has 0 aliphatic rings. The molecule has 0 saturated heterocycles. The average molecular weight is 367 g/mol. The highest BCUT2D eigenvalue weighted by Gasteiger charge is 2.24. The topological polar surface area (TPSA) is 61.8 Å². The smallest absolute Gasteiger partial charge is 0.337 e. The van der Waals surface area contributed by atoms with E-state index in [1.165, 1.54) is 27.1 Å². The lowest BCUT2D eigenvalue weighted by Crippen LogP contribution is -2.30. The van der Waals surface area contributed by atoms with Crippen LogP contribution in [-0.2, 0) is 22.8 Å². The molecule has 0 N–H and O–H groups in total. The van der Waals surface area contributed by atoms with Gasteiger partial charge in [0.2, 0.25) is 0 Å². The Morgan fingerprint density at radius 2 is 1.52 bits per heavy atom. The largest absolute Gasteiger partial charge is 0.415 e. The molecule has 0 aromatic rings. The second-order valence-corrected chi connectivity index (χ2v) is 13.7. The molecular formula is C16H35O5PSi. The zero-order chi connectivity index (χ0) is 17.9. The van der Waals surface area contributed by atoms with Crippen molar-refractivity contribution in [2.45, 2.75) is 77.6 Å².